The standard InChI is InChI=1S/C8H12N4/c1-5-10-7(12-11-5)8-2-6(3-8)4-9-8/h6,9H,2-4H2,1H3,(H,10,11,12). The van der Waals surface area contributed by atoms with E-state index in [1.54, 1.807) is 0 Å². The van der Waals surface area contributed by atoms with Crippen LogP contribution in [0.25, 0.3) is 0 Å². The molecule has 0 radical (unpaired) electrons. The van der Waals surface area contributed by atoms with E-state index in [2.05, 4.69) is 20.5 Å². The van der Waals surface area contributed by atoms with Gasteiger partial charge in [0.15, 0.2) is 5.82 Å². The highest BCUT2D eigenvalue weighted by molar-refractivity contribution is 5.18. The van der Waals surface area contributed by atoms with Crippen LogP contribution in [-0.2, 0) is 5.54 Å². The quantitative estimate of drug-likeness (QED) is 0.628. The van der Waals surface area contributed by atoms with Gasteiger partial charge in [0.1, 0.15) is 5.82 Å². The number of aromatic amines is 1. The second-order valence-electron chi connectivity index (χ2n) is 3.98. The van der Waals surface area contributed by atoms with Crippen LogP contribution >= 0.6 is 0 Å². The molecule has 2 N–H and O–H groups in total. The Labute approximate surface area is 70.8 Å². The molecule has 4 heteroatoms. The molecule has 2 aliphatic heterocycles. The number of hydrogen-bond donors (Lipinski definition) is 2. The van der Waals surface area contributed by atoms with Crippen molar-refractivity contribution >= 4 is 0 Å². The van der Waals surface area contributed by atoms with Crippen molar-refractivity contribution in [3.8, 4) is 0 Å². The number of fused-ring (bicyclic) bond motifs is 1. The SMILES string of the molecule is Cc1nc(C23CC(CN2)C3)n[nH]1. The number of nitrogens with zero attached hydrogens (tertiary/aromatic N) is 2. The summed E-state index contributed by atoms with van der Waals surface area (Å²) in [6, 6.07) is 0. The summed E-state index contributed by atoms with van der Waals surface area (Å²) >= 11 is 0. The lowest BCUT2D eigenvalue weighted by Gasteiger charge is -2.34. The van der Waals surface area contributed by atoms with Gasteiger partial charge >= 0.3 is 0 Å². The number of H-pyrrole nitrogens is 1. The Hall–Kier alpha value is -0.900. The molecule has 1 saturated carbocycles. The maximum Gasteiger partial charge on any atom is 0.170 e. The third-order valence-electron chi connectivity index (χ3n) is 3.03. The maximum absolute atomic E-state index is 4.37. The zero-order chi connectivity index (χ0) is 8.18. The Balaban J connectivity index is 1.98. The van der Waals surface area contributed by atoms with Crippen molar-refractivity contribution in [1.29, 1.82) is 0 Å². The van der Waals surface area contributed by atoms with Gasteiger partial charge in [-0.25, -0.2) is 4.98 Å². The molecule has 4 rings (SSSR count). The van der Waals surface area contributed by atoms with Gasteiger partial charge in [-0.05, 0) is 32.2 Å². The van der Waals surface area contributed by atoms with Gasteiger partial charge in [0.05, 0.1) is 5.54 Å². The Kier molecular flexibility index (Phi) is 1.03. The topological polar surface area (TPSA) is 53.6 Å². The lowest BCUT2D eigenvalue weighted by atomic mass is 9.73. The van der Waals surface area contributed by atoms with E-state index in [1.807, 2.05) is 6.92 Å². The van der Waals surface area contributed by atoms with Crippen molar-refractivity contribution in [2.24, 2.45) is 5.92 Å². The van der Waals surface area contributed by atoms with Gasteiger partial charge in [-0.3, -0.25) is 5.10 Å². The van der Waals surface area contributed by atoms with E-state index in [4.69, 9.17) is 0 Å². The summed E-state index contributed by atoms with van der Waals surface area (Å²) in [4.78, 5) is 4.37. The van der Waals surface area contributed by atoms with Crippen molar-refractivity contribution in [3.05, 3.63) is 11.6 Å². The number of hydrogen-bond acceptors (Lipinski definition) is 3. The minimum Gasteiger partial charge on any atom is -0.304 e. The van der Waals surface area contributed by atoms with E-state index in [0.29, 0.717) is 0 Å². The van der Waals surface area contributed by atoms with Gasteiger partial charge in [0.25, 0.3) is 0 Å². The highest BCUT2D eigenvalue weighted by Crippen LogP contribution is 2.49. The molecule has 2 saturated heterocycles. The average Bonchev–Trinajstić information content (AvgIpc) is 2.55. The van der Waals surface area contributed by atoms with E-state index in [1.165, 1.54) is 12.8 Å². The zero-order valence-electron chi connectivity index (χ0n) is 7.09. The second-order valence-corrected chi connectivity index (χ2v) is 3.98. The number of nitrogens with one attached hydrogen (secondary N) is 2. The smallest absolute Gasteiger partial charge is 0.170 e. The first-order valence-electron chi connectivity index (χ1n) is 4.43. The summed E-state index contributed by atoms with van der Waals surface area (Å²) in [7, 11) is 0. The summed E-state index contributed by atoms with van der Waals surface area (Å²) in [5, 5.41) is 10.6. The Morgan fingerprint density at radius 3 is 2.83 bits per heavy atom. The molecule has 1 aromatic rings. The highest BCUT2D eigenvalue weighted by atomic mass is 15.3. The van der Waals surface area contributed by atoms with Crippen molar-refractivity contribution < 1.29 is 0 Å². The maximum atomic E-state index is 4.37. The molecule has 1 aromatic heterocycles. The molecule has 0 amide bonds. The molecule has 12 heavy (non-hydrogen) atoms. The summed E-state index contributed by atoms with van der Waals surface area (Å²) in [6.07, 6.45) is 2.45. The summed E-state index contributed by atoms with van der Waals surface area (Å²) in [5.74, 6) is 2.76. The van der Waals surface area contributed by atoms with E-state index in [9.17, 15) is 0 Å². The molecule has 0 spiro atoms. The van der Waals surface area contributed by atoms with Crippen LogP contribution < -0.4 is 5.32 Å². The molecule has 0 aromatic carbocycles. The Bertz CT molecular complexity index is 305. The number of aromatic nitrogens is 3. The van der Waals surface area contributed by atoms with Gasteiger partial charge in [-0.2, -0.15) is 5.10 Å². The zero-order valence-corrected chi connectivity index (χ0v) is 7.09. The Morgan fingerprint density at radius 1 is 1.50 bits per heavy atom. The van der Waals surface area contributed by atoms with Crippen LogP contribution in [0.1, 0.15) is 24.5 Å². The highest BCUT2D eigenvalue weighted by Gasteiger charge is 2.53. The van der Waals surface area contributed by atoms with Crippen LogP contribution in [-0.4, -0.2) is 21.7 Å². The van der Waals surface area contributed by atoms with E-state index >= 15 is 0 Å². The van der Waals surface area contributed by atoms with Crippen LogP contribution in [0.2, 0.25) is 0 Å². The van der Waals surface area contributed by atoms with Gasteiger partial charge in [0, 0.05) is 0 Å². The van der Waals surface area contributed by atoms with Crippen molar-refractivity contribution in [3.63, 3.8) is 0 Å². The van der Waals surface area contributed by atoms with E-state index < -0.39 is 0 Å². The van der Waals surface area contributed by atoms with Crippen LogP contribution in [0.5, 0.6) is 0 Å². The first kappa shape index (κ1) is 6.60. The van der Waals surface area contributed by atoms with Gasteiger partial charge < -0.3 is 5.32 Å². The molecule has 0 atom stereocenters. The van der Waals surface area contributed by atoms with Crippen molar-refractivity contribution in [1.82, 2.24) is 20.5 Å². The largest absolute Gasteiger partial charge is 0.304 e. The predicted octanol–water partition coefficient (Wildman–Crippen LogP) is 0.322. The molecule has 3 heterocycles. The molecule has 3 fully saturated rings. The van der Waals surface area contributed by atoms with Gasteiger partial charge in [0.2, 0.25) is 0 Å². The molecular formula is C8H12N4. The average molecular weight is 164 g/mol. The van der Waals surface area contributed by atoms with Crippen LogP contribution in [0.15, 0.2) is 0 Å². The molecular weight excluding hydrogens is 152 g/mol. The molecule has 64 valence electrons. The molecule has 3 aliphatic rings. The minimum absolute atomic E-state index is 0.148. The fourth-order valence-electron chi connectivity index (χ4n) is 2.37. The number of aryl methyl sites for hydroxylation is 1. The van der Waals surface area contributed by atoms with Gasteiger partial charge in [-0.1, -0.05) is 0 Å². The summed E-state index contributed by atoms with van der Waals surface area (Å²) in [6.45, 7) is 3.09. The van der Waals surface area contributed by atoms with Crippen LogP contribution in [0, 0.1) is 12.8 Å². The normalized spacial score (nSPS) is 38.2. The predicted molar refractivity (Wildman–Crippen MR) is 43.5 cm³/mol. The van der Waals surface area contributed by atoms with Crippen molar-refractivity contribution in [2.45, 2.75) is 25.3 Å². The fourth-order valence-corrected chi connectivity index (χ4v) is 2.37. The van der Waals surface area contributed by atoms with E-state index in [-0.39, 0.29) is 5.54 Å². The minimum atomic E-state index is 0.148. The monoisotopic (exact) mass is 164 g/mol. The second kappa shape index (κ2) is 1.88. The van der Waals surface area contributed by atoms with E-state index in [0.717, 1.165) is 24.1 Å². The molecule has 0 unspecified atom stereocenters. The molecule has 2 bridgehead atoms. The summed E-state index contributed by atoms with van der Waals surface area (Å²) < 4.78 is 0. The fraction of sp³-hybridized carbons (Fsp3) is 0.750. The number of rotatable bonds is 1. The third-order valence-corrected chi connectivity index (χ3v) is 3.03. The van der Waals surface area contributed by atoms with Gasteiger partial charge in [-0.15, -0.1) is 0 Å². The van der Waals surface area contributed by atoms with Crippen LogP contribution in [0.4, 0.5) is 0 Å². The van der Waals surface area contributed by atoms with Crippen LogP contribution in [0.3, 0.4) is 0 Å². The lowest BCUT2D eigenvalue weighted by molar-refractivity contribution is 0.216. The van der Waals surface area contributed by atoms with Crippen molar-refractivity contribution in [2.75, 3.05) is 6.54 Å². The molecule has 4 nitrogen and oxygen atoms in total. The Morgan fingerprint density at radius 2 is 2.33 bits per heavy atom. The first-order valence-corrected chi connectivity index (χ1v) is 4.43. The third kappa shape index (κ3) is 0.659. The lowest BCUT2D eigenvalue weighted by Crippen LogP contribution is -2.41. The first-order chi connectivity index (χ1) is 5.78. The molecule has 1 aliphatic carbocycles. The summed E-state index contributed by atoms with van der Waals surface area (Å²) in [5.41, 5.74) is 0.148.